The van der Waals surface area contributed by atoms with Crippen molar-refractivity contribution in [1.29, 1.82) is 0 Å². The van der Waals surface area contributed by atoms with Gasteiger partial charge < -0.3 is 15.0 Å². The van der Waals surface area contributed by atoms with Crippen LogP contribution in [0.1, 0.15) is 11.4 Å². The minimum Gasteiger partial charge on any atom is -0.433 e. The number of aromatic nitrogens is 3. The number of halogens is 5. The van der Waals surface area contributed by atoms with Crippen LogP contribution < -0.4 is 15.0 Å². The van der Waals surface area contributed by atoms with Crippen LogP contribution in [0.3, 0.4) is 0 Å². The maximum Gasteiger partial charge on any atom is 0.433 e. The van der Waals surface area contributed by atoms with E-state index in [2.05, 4.69) is 25.0 Å². The summed E-state index contributed by atoms with van der Waals surface area (Å²) in [4.78, 5) is 12.7. The second-order valence-electron chi connectivity index (χ2n) is 5.04. The van der Waals surface area contributed by atoms with Gasteiger partial charge >= 0.3 is 12.8 Å². The third-order valence-electron chi connectivity index (χ3n) is 2.91. The second-order valence-corrected chi connectivity index (χ2v) is 5.04. The highest BCUT2D eigenvalue weighted by atomic mass is 19.4. The SMILES string of the molecule is CN(C)c1cc(C(F)(F)F)nc(NCc2ccc(OC(F)F)cn2)n1. The van der Waals surface area contributed by atoms with Crippen molar-refractivity contribution >= 4 is 11.8 Å². The van der Waals surface area contributed by atoms with E-state index in [1.807, 2.05) is 0 Å². The summed E-state index contributed by atoms with van der Waals surface area (Å²) >= 11 is 0. The van der Waals surface area contributed by atoms with Crippen molar-refractivity contribution in [1.82, 2.24) is 15.0 Å². The summed E-state index contributed by atoms with van der Waals surface area (Å²) in [6.45, 7) is -2.96. The maximum atomic E-state index is 12.9. The standard InChI is InChI=1S/C14H14F5N5O/c1-24(2)11-5-10(14(17,18)19)22-13(23-11)21-6-8-3-4-9(7-20-8)25-12(15)16/h3-5,7,12H,6H2,1-2H3,(H,21,22,23). The Morgan fingerprint density at radius 3 is 2.44 bits per heavy atom. The van der Waals surface area contributed by atoms with E-state index in [9.17, 15) is 22.0 Å². The normalized spacial score (nSPS) is 11.5. The third-order valence-corrected chi connectivity index (χ3v) is 2.91. The number of nitrogens with one attached hydrogen (secondary N) is 1. The van der Waals surface area contributed by atoms with E-state index >= 15 is 0 Å². The molecule has 2 aromatic heterocycles. The zero-order valence-corrected chi connectivity index (χ0v) is 13.2. The van der Waals surface area contributed by atoms with Gasteiger partial charge in [0.15, 0.2) is 5.69 Å². The molecule has 0 radical (unpaired) electrons. The number of anilines is 2. The third kappa shape index (κ3) is 5.40. The molecule has 136 valence electrons. The fourth-order valence-electron chi connectivity index (χ4n) is 1.75. The van der Waals surface area contributed by atoms with Gasteiger partial charge in [0.05, 0.1) is 18.4 Å². The average Bonchev–Trinajstić information content (AvgIpc) is 2.52. The predicted molar refractivity (Wildman–Crippen MR) is 79.6 cm³/mol. The lowest BCUT2D eigenvalue weighted by molar-refractivity contribution is -0.141. The van der Waals surface area contributed by atoms with Gasteiger partial charge in [-0.15, -0.1) is 0 Å². The minimum atomic E-state index is -4.61. The Bertz CT molecular complexity index is 706. The second kappa shape index (κ2) is 7.45. The van der Waals surface area contributed by atoms with Crippen molar-refractivity contribution in [2.75, 3.05) is 24.3 Å². The molecule has 0 aliphatic rings. The van der Waals surface area contributed by atoms with E-state index in [-0.39, 0.29) is 24.1 Å². The fourth-order valence-corrected chi connectivity index (χ4v) is 1.75. The summed E-state index contributed by atoms with van der Waals surface area (Å²) in [6, 6.07) is 3.50. The van der Waals surface area contributed by atoms with Gasteiger partial charge in [-0.2, -0.15) is 26.9 Å². The molecule has 2 heterocycles. The summed E-state index contributed by atoms with van der Waals surface area (Å²) in [7, 11) is 3.10. The first kappa shape index (κ1) is 18.6. The highest BCUT2D eigenvalue weighted by Gasteiger charge is 2.34. The van der Waals surface area contributed by atoms with Gasteiger partial charge in [-0.1, -0.05) is 0 Å². The molecule has 0 atom stereocenters. The summed E-state index contributed by atoms with van der Waals surface area (Å²) in [5.74, 6) is -0.268. The summed E-state index contributed by atoms with van der Waals surface area (Å²) in [5, 5.41) is 2.63. The van der Waals surface area contributed by atoms with Gasteiger partial charge in [-0.25, -0.2) is 4.98 Å². The summed E-state index contributed by atoms with van der Waals surface area (Å²) in [5.41, 5.74) is -0.698. The first-order chi connectivity index (χ1) is 11.6. The molecule has 0 fully saturated rings. The highest BCUT2D eigenvalue weighted by Crippen LogP contribution is 2.30. The van der Waals surface area contributed by atoms with E-state index in [0.717, 1.165) is 12.3 Å². The van der Waals surface area contributed by atoms with E-state index in [1.54, 1.807) is 14.1 Å². The van der Waals surface area contributed by atoms with E-state index in [4.69, 9.17) is 0 Å². The lowest BCUT2D eigenvalue weighted by Gasteiger charge is -2.15. The lowest BCUT2D eigenvalue weighted by Crippen LogP contribution is -2.17. The van der Waals surface area contributed by atoms with E-state index in [1.165, 1.54) is 17.0 Å². The van der Waals surface area contributed by atoms with Crippen LogP contribution in [0, 0.1) is 0 Å². The molecule has 0 saturated heterocycles. The molecule has 6 nitrogen and oxygen atoms in total. The van der Waals surface area contributed by atoms with Crippen molar-refractivity contribution in [3.63, 3.8) is 0 Å². The molecular formula is C14H14F5N5O. The minimum absolute atomic E-state index is 0.00311. The summed E-state index contributed by atoms with van der Waals surface area (Å²) in [6.07, 6.45) is -3.53. The molecule has 2 aromatic rings. The molecule has 0 saturated carbocycles. The Balaban J connectivity index is 2.13. The molecule has 11 heteroatoms. The van der Waals surface area contributed by atoms with Gasteiger partial charge in [-0.3, -0.25) is 4.98 Å². The van der Waals surface area contributed by atoms with Crippen molar-refractivity contribution < 1.29 is 26.7 Å². The molecule has 25 heavy (non-hydrogen) atoms. The van der Waals surface area contributed by atoms with Crippen molar-refractivity contribution in [2.24, 2.45) is 0 Å². The van der Waals surface area contributed by atoms with Crippen molar-refractivity contribution in [2.45, 2.75) is 19.3 Å². The first-order valence-corrected chi connectivity index (χ1v) is 6.92. The van der Waals surface area contributed by atoms with Crippen LogP contribution in [-0.2, 0) is 12.7 Å². The Morgan fingerprint density at radius 2 is 1.92 bits per heavy atom. The number of ether oxygens (including phenoxy) is 1. The van der Waals surface area contributed by atoms with Crippen molar-refractivity contribution in [3.05, 3.63) is 35.8 Å². The molecule has 2 rings (SSSR count). The molecular weight excluding hydrogens is 349 g/mol. The van der Waals surface area contributed by atoms with Gasteiger partial charge in [-0.05, 0) is 12.1 Å². The average molecular weight is 363 g/mol. The molecule has 0 spiro atoms. The smallest absolute Gasteiger partial charge is 0.433 e. The first-order valence-electron chi connectivity index (χ1n) is 6.92. The Labute approximate surface area is 139 Å². The molecule has 0 unspecified atom stereocenters. The van der Waals surface area contributed by atoms with Gasteiger partial charge in [0, 0.05) is 20.2 Å². The summed E-state index contributed by atoms with van der Waals surface area (Å²) < 4.78 is 67.0. The number of hydrogen-bond acceptors (Lipinski definition) is 6. The Kier molecular flexibility index (Phi) is 5.55. The lowest BCUT2D eigenvalue weighted by atomic mass is 10.3. The van der Waals surface area contributed by atoms with Gasteiger partial charge in [0.25, 0.3) is 0 Å². The van der Waals surface area contributed by atoms with Crippen LogP contribution in [0.25, 0.3) is 0 Å². The number of rotatable bonds is 6. The molecule has 0 bridgehead atoms. The predicted octanol–water partition coefficient (Wildman–Crippen LogP) is 3.17. The maximum absolute atomic E-state index is 12.9. The Morgan fingerprint density at radius 1 is 1.20 bits per heavy atom. The van der Waals surface area contributed by atoms with Gasteiger partial charge in [0.2, 0.25) is 5.95 Å². The van der Waals surface area contributed by atoms with E-state index < -0.39 is 18.5 Å². The van der Waals surface area contributed by atoms with Crippen LogP contribution in [0.5, 0.6) is 5.75 Å². The van der Waals surface area contributed by atoms with Crippen LogP contribution >= 0.6 is 0 Å². The van der Waals surface area contributed by atoms with Crippen molar-refractivity contribution in [3.8, 4) is 5.75 Å². The quantitative estimate of drug-likeness (QED) is 0.796. The Hall–Kier alpha value is -2.72. The van der Waals surface area contributed by atoms with Crippen LogP contribution in [0.4, 0.5) is 33.7 Å². The molecule has 0 aliphatic heterocycles. The topological polar surface area (TPSA) is 63.2 Å². The number of pyridine rings is 1. The monoisotopic (exact) mass is 363 g/mol. The fraction of sp³-hybridized carbons (Fsp3) is 0.357. The van der Waals surface area contributed by atoms with Crippen LogP contribution in [-0.4, -0.2) is 35.7 Å². The number of hydrogen-bond donors (Lipinski definition) is 1. The highest BCUT2D eigenvalue weighted by molar-refractivity contribution is 5.44. The van der Waals surface area contributed by atoms with Crippen LogP contribution in [0.2, 0.25) is 0 Å². The molecule has 0 aromatic carbocycles. The molecule has 1 N–H and O–H groups in total. The van der Waals surface area contributed by atoms with Crippen LogP contribution in [0.15, 0.2) is 24.4 Å². The molecule has 0 aliphatic carbocycles. The number of nitrogens with zero attached hydrogens (tertiary/aromatic N) is 4. The number of alkyl halides is 5. The zero-order valence-electron chi connectivity index (χ0n) is 13.2. The molecule has 0 amide bonds. The zero-order chi connectivity index (χ0) is 18.6. The van der Waals surface area contributed by atoms with E-state index in [0.29, 0.717) is 5.69 Å². The largest absolute Gasteiger partial charge is 0.433 e. The van der Waals surface area contributed by atoms with Gasteiger partial charge in [0.1, 0.15) is 11.6 Å².